The van der Waals surface area contributed by atoms with E-state index < -0.39 is 24.1 Å². The number of aliphatic carboxylic acids is 2. The number of carboxylic acids is 2. The minimum Gasteiger partial charge on any atom is -0.480 e. The molecule has 0 unspecified atom stereocenters. The summed E-state index contributed by atoms with van der Waals surface area (Å²) in [7, 11) is 0. The second-order valence-corrected chi connectivity index (χ2v) is 8.71. The minimum atomic E-state index is -1.10. The van der Waals surface area contributed by atoms with Crippen molar-refractivity contribution in [1.82, 2.24) is 5.32 Å². The number of hydrogen-bond donors (Lipinski definition) is 3. The molecule has 0 radical (unpaired) electrons. The van der Waals surface area contributed by atoms with Gasteiger partial charge >= 0.3 is 18.0 Å². The van der Waals surface area contributed by atoms with Crippen LogP contribution in [0, 0.1) is 0 Å². The molecule has 0 fully saturated rings. The Kier molecular flexibility index (Phi) is 12.8. The van der Waals surface area contributed by atoms with E-state index in [9.17, 15) is 19.5 Å². The first-order valence-electron chi connectivity index (χ1n) is 12.5. The number of allylic oxidation sites excluding steroid dienone is 1. The second-order valence-electron chi connectivity index (χ2n) is 8.71. The van der Waals surface area contributed by atoms with Crippen LogP contribution in [0.25, 0.3) is 0 Å². The number of nitrogens with zero attached hydrogens (tertiary/aromatic N) is 1. The lowest BCUT2D eigenvalue weighted by Crippen LogP contribution is -2.41. The molecule has 8 heteroatoms. The highest BCUT2D eigenvalue weighted by Crippen LogP contribution is 2.10. The first kappa shape index (κ1) is 28.6. The molecule has 8 nitrogen and oxygen atoms in total. The standard InChI is InChI=1S/C28H36N2O6/c1-2-3-5-11-22-17-19-30(24(20-22)14-10-16-26(31)32)18-9-8-15-25(27(33)34)29-28(35)36-21-23-12-6-4-7-13-23/h4,6-7,10,12-13,16-17,19-20,25H,2-3,5,8-9,11,14-15,18,21H2,1H3,(H2-,29,31,32,33,34,35)/p+1/b16-10+/t25-/m0/s1. The fourth-order valence-electron chi connectivity index (χ4n) is 3.83. The van der Waals surface area contributed by atoms with E-state index in [-0.39, 0.29) is 13.0 Å². The molecule has 0 aliphatic heterocycles. The summed E-state index contributed by atoms with van der Waals surface area (Å²) in [6.45, 7) is 2.90. The average Bonchev–Trinajstić information content (AvgIpc) is 2.86. The molecular formula is C28H37N2O6+. The number of nitrogens with one attached hydrogen (secondary N) is 1. The zero-order chi connectivity index (χ0) is 26.2. The van der Waals surface area contributed by atoms with Crippen LogP contribution in [-0.4, -0.2) is 34.3 Å². The van der Waals surface area contributed by atoms with Crippen LogP contribution in [0.3, 0.4) is 0 Å². The molecule has 194 valence electrons. The quantitative estimate of drug-likeness (QED) is 0.179. The van der Waals surface area contributed by atoms with E-state index in [1.54, 1.807) is 6.08 Å². The number of benzene rings is 1. The number of ether oxygens (including phenoxy) is 1. The fraction of sp³-hybridized carbons (Fsp3) is 0.429. The van der Waals surface area contributed by atoms with Crippen LogP contribution in [0.1, 0.15) is 62.3 Å². The molecule has 0 saturated carbocycles. The number of unbranched alkanes of at least 4 members (excludes halogenated alkanes) is 3. The monoisotopic (exact) mass is 497 g/mol. The van der Waals surface area contributed by atoms with Crippen LogP contribution in [0.4, 0.5) is 4.79 Å². The molecule has 1 amide bonds. The van der Waals surface area contributed by atoms with Crippen molar-refractivity contribution in [2.45, 2.75) is 77.5 Å². The predicted molar refractivity (Wildman–Crippen MR) is 135 cm³/mol. The SMILES string of the molecule is CCCCCc1cc[n+](CCCC[C@H](NC(=O)OCc2ccccc2)C(=O)O)c(C/C=C/C(=O)O)c1. The Morgan fingerprint density at radius 1 is 1.03 bits per heavy atom. The first-order chi connectivity index (χ1) is 17.4. The highest BCUT2D eigenvalue weighted by molar-refractivity contribution is 5.80. The van der Waals surface area contributed by atoms with E-state index in [1.165, 1.54) is 12.0 Å². The molecular weight excluding hydrogens is 460 g/mol. The predicted octanol–water partition coefficient (Wildman–Crippen LogP) is 4.44. The maximum Gasteiger partial charge on any atom is 0.408 e. The van der Waals surface area contributed by atoms with Gasteiger partial charge in [-0.25, -0.2) is 19.0 Å². The number of carbonyl (C=O) groups excluding carboxylic acids is 1. The van der Waals surface area contributed by atoms with Crippen molar-refractivity contribution in [2.24, 2.45) is 0 Å². The summed E-state index contributed by atoms with van der Waals surface area (Å²) < 4.78 is 7.21. The van der Waals surface area contributed by atoms with Gasteiger partial charge in [-0.05, 0) is 36.8 Å². The third-order valence-corrected chi connectivity index (χ3v) is 5.79. The van der Waals surface area contributed by atoms with Crippen molar-refractivity contribution in [2.75, 3.05) is 0 Å². The number of carbonyl (C=O) groups is 3. The van der Waals surface area contributed by atoms with Crippen molar-refractivity contribution >= 4 is 18.0 Å². The summed E-state index contributed by atoms with van der Waals surface area (Å²) in [4.78, 5) is 34.5. The van der Waals surface area contributed by atoms with Crippen LogP contribution in [-0.2, 0) is 40.3 Å². The molecule has 3 N–H and O–H groups in total. The largest absolute Gasteiger partial charge is 0.480 e. The molecule has 36 heavy (non-hydrogen) atoms. The third kappa shape index (κ3) is 11.2. The highest BCUT2D eigenvalue weighted by atomic mass is 16.5. The minimum absolute atomic E-state index is 0.0726. The number of pyridine rings is 1. The Morgan fingerprint density at radius 2 is 1.81 bits per heavy atom. The molecule has 2 aromatic rings. The molecule has 1 heterocycles. The van der Waals surface area contributed by atoms with Crippen LogP contribution in [0.2, 0.25) is 0 Å². The molecule has 0 aliphatic carbocycles. The lowest BCUT2D eigenvalue weighted by molar-refractivity contribution is -0.704. The van der Waals surface area contributed by atoms with Gasteiger partial charge in [-0.2, -0.15) is 0 Å². The van der Waals surface area contributed by atoms with E-state index in [0.29, 0.717) is 25.8 Å². The Balaban J connectivity index is 1.88. The number of alkyl carbamates (subject to hydrolysis) is 1. The molecule has 1 atom stereocenters. The van der Waals surface area contributed by atoms with Gasteiger partial charge in [0.2, 0.25) is 0 Å². The Bertz CT molecular complexity index is 1010. The smallest absolute Gasteiger partial charge is 0.408 e. The molecule has 2 rings (SSSR count). The van der Waals surface area contributed by atoms with E-state index in [0.717, 1.165) is 36.6 Å². The number of amides is 1. The summed E-state index contributed by atoms with van der Waals surface area (Å²) in [6, 6.07) is 12.4. The Morgan fingerprint density at radius 3 is 2.50 bits per heavy atom. The van der Waals surface area contributed by atoms with Gasteiger partial charge in [-0.3, -0.25) is 0 Å². The summed E-state index contributed by atoms with van der Waals surface area (Å²) in [5.41, 5.74) is 3.06. The van der Waals surface area contributed by atoms with Crippen molar-refractivity contribution in [1.29, 1.82) is 0 Å². The van der Waals surface area contributed by atoms with Gasteiger partial charge in [0.1, 0.15) is 19.2 Å². The van der Waals surface area contributed by atoms with Crippen LogP contribution in [0.15, 0.2) is 60.8 Å². The van der Waals surface area contributed by atoms with Gasteiger partial charge in [-0.1, -0.05) is 56.2 Å². The Hall–Kier alpha value is -3.68. The number of rotatable bonds is 16. The number of carboxylic acid groups (broad SMARTS) is 2. The molecule has 1 aromatic carbocycles. The first-order valence-corrected chi connectivity index (χ1v) is 12.5. The summed E-state index contributed by atoms with van der Waals surface area (Å²) >= 11 is 0. The normalized spacial score (nSPS) is 11.8. The van der Waals surface area contributed by atoms with E-state index in [4.69, 9.17) is 9.84 Å². The van der Waals surface area contributed by atoms with Gasteiger partial charge in [0.05, 0.1) is 6.42 Å². The molecule has 0 spiro atoms. The van der Waals surface area contributed by atoms with E-state index in [1.807, 2.05) is 36.5 Å². The van der Waals surface area contributed by atoms with Gasteiger partial charge in [-0.15, -0.1) is 0 Å². The van der Waals surface area contributed by atoms with Crippen molar-refractivity contribution < 1.29 is 33.9 Å². The number of hydrogen-bond acceptors (Lipinski definition) is 4. The van der Waals surface area contributed by atoms with E-state index >= 15 is 0 Å². The summed E-state index contributed by atoms with van der Waals surface area (Å²) in [5.74, 6) is -2.08. The second kappa shape index (κ2) is 16.1. The third-order valence-electron chi connectivity index (χ3n) is 5.79. The summed E-state index contributed by atoms with van der Waals surface area (Å²) in [5, 5.41) is 20.8. The lowest BCUT2D eigenvalue weighted by Gasteiger charge is -2.14. The maximum absolute atomic E-state index is 12.1. The molecule has 0 saturated heterocycles. The molecule has 0 aliphatic rings. The van der Waals surface area contributed by atoms with Gasteiger partial charge in [0.25, 0.3) is 0 Å². The van der Waals surface area contributed by atoms with Gasteiger partial charge in [0, 0.05) is 24.6 Å². The lowest BCUT2D eigenvalue weighted by atomic mass is 10.1. The van der Waals surface area contributed by atoms with Crippen molar-refractivity contribution in [3.8, 4) is 0 Å². The average molecular weight is 498 g/mol. The maximum atomic E-state index is 12.1. The number of aryl methyl sites for hydroxylation is 2. The zero-order valence-corrected chi connectivity index (χ0v) is 20.9. The fourth-order valence-corrected chi connectivity index (χ4v) is 3.83. The zero-order valence-electron chi connectivity index (χ0n) is 20.9. The van der Waals surface area contributed by atoms with Crippen LogP contribution in [0.5, 0.6) is 0 Å². The topological polar surface area (TPSA) is 117 Å². The molecule has 1 aromatic heterocycles. The van der Waals surface area contributed by atoms with Crippen LogP contribution < -0.4 is 9.88 Å². The number of aromatic nitrogens is 1. The van der Waals surface area contributed by atoms with Crippen molar-refractivity contribution in [3.63, 3.8) is 0 Å². The van der Waals surface area contributed by atoms with Gasteiger partial charge < -0.3 is 20.3 Å². The van der Waals surface area contributed by atoms with Crippen LogP contribution >= 0.6 is 0 Å². The Labute approximate surface area is 212 Å². The van der Waals surface area contributed by atoms with Gasteiger partial charge in [0.15, 0.2) is 11.9 Å². The van der Waals surface area contributed by atoms with E-state index in [2.05, 4.69) is 28.9 Å². The van der Waals surface area contributed by atoms with Crippen molar-refractivity contribution in [3.05, 3.63) is 77.6 Å². The molecule has 0 bridgehead atoms. The highest BCUT2D eigenvalue weighted by Gasteiger charge is 2.21. The summed E-state index contributed by atoms with van der Waals surface area (Å²) in [6.07, 6.45) is 10.5.